The van der Waals surface area contributed by atoms with Crippen molar-refractivity contribution >= 4 is 5.96 Å². The molecule has 6 nitrogen and oxygen atoms in total. The minimum absolute atomic E-state index is 0.598. The molecule has 0 bridgehead atoms. The standard InChI is InChI=1S/C19H32N4O2/c1-4-11-25-18-8-7-16(12-21-18)13-22-19(20-5-2)23-10-9-17(14-23)15-24-6-3/h7-8,12,17H,4-6,9-11,13-15H2,1-3H3,(H,20,22). The van der Waals surface area contributed by atoms with Crippen molar-refractivity contribution in [1.29, 1.82) is 0 Å². The maximum Gasteiger partial charge on any atom is 0.213 e. The lowest BCUT2D eigenvalue weighted by Crippen LogP contribution is -2.40. The van der Waals surface area contributed by atoms with Gasteiger partial charge >= 0.3 is 0 Å². The van der Waals surface area contributed by atoms with E-state index in [0.29, 0.717) is 24.9 Å². The van der Waals surface area contributed by atoms with Gasteiger partial charge in [-0.25, -0.2) is 9.98 Å². The summed E-state index contributed by atoms with van der Waals surface area (Å²) in [5.41, 5.74) is 1.09. The molecule has 140 valence electrons. The van der Waals surface area contributed by atoms with Gasteiger partial charge in [-0.2, -0.15) is 0 Å². The fraction of sp³-hybridized carbons (Fsp3) is 0.684. The van der Waals surface area contributed by atoms with E-state index in [2.05, 4.69) is 29.0 Å². The highest BCUT2D eigenvalue weighted by molar-refractivity contribution is 5.80. The Labute approximate surface area is 151 Å². The normalized spacial score (nSPS) is 17.8. The summed E-state index contributed by atoms with van der Waals surface area (Å²) in [6.45, 7) is 12.1. The van der Waals surface area contributed by atoms with Crippen LogP contribution >= 0.6 is 0 Å². The Kier molecular flexibility index (Phi) is 8.52. The number of aliphatic imine (C=N–C) groups is 1. The molecule has 1 aliphatic heterocycles. The van der Waals surface area contributed by atoms with E-state index in [9.17, 15) is 0 Å². The molecule has 2 heterocycles. The third kappa shape index (κ3) is 6.53. The molecule has 1 unspecified atom stereocenters. The Bertz CT molecular complexity index is 519. The van der Waals surface area contributed by atoms with Crippen LogP contribution in [0.5, 0.6) is 5.88 Å². The molecule has 0 aliphatic carbocycles. The molecule has 1 aliphatic rings. The van der Waals surface area contributed by atoms with Gasteiger partial charge in [0.05, 0.1) is 19.8 Å². The van der Waals surface area contributed by atoms with Crippen LogP contribution in [0.4, 0.5) is 0 Å². The molecule has 1 atom stereocenters. The van der Waals surface area contributed by atoms with Gasteiger partial charge in [-0.05, 0) is 32.3 Å². The molecule has 0 radical (unpaired) electrons. The molecule has 1 N–H and O–H groups in total. The summed E-state index contributed by atoms with van der Waals surface area (Å²) in [5.74, 6) is 2.26. The van der Waals surface area contributed by atoms with Gasteiger partial charge < -0.3 is 19.7 Å². The molecule has 0 aromatic carbocycles. The van der Waals surface area contributed by atoms with Crippen LogP contribution in [-0.4, -0.2) is 55.3 Å². The number of ether oxygens (including phenoxy) is 2. The predicted molar refractivity (Wildman–Crippen MR) is 101 cm³/mol. The van der Waals surface area contributed by atoms with Crippen molar-refractivity contribution in [3.8, 4) is 5.88 Å². The van der Waals surface area contributed by atoms with Crippen molar-refractivity contribution in [2.24, 2.45) is 10.9 Å². The summed E-state index contributed by atoms with van der Waals surface area (Å²) >= 11 is 0. The zero-order valence-electron chi connectivity index (χ0n) is 15.8. The lowest BCUT2D eigenvalue weighted by atomic mass is 10.1. The molecule has 1 fully saturated rings. The smallest absolute Gasteiger partial charge is 0.213 e. The monoisotopic (exact) mass is 348 g/mol. The van der Waals surface area contributed by atoms with Crippen molar-refractivity contribution in [2.75, 3.05) is 39.5 Å². The van der Waals surface area contributed by atoms with E-state index < -0.39 is 0 Å². The van der Waals surface area contributed by atoms with Gasteiger partial charge in [0, 0.05) is 44.4 Å². The van der Waals surface area contributed by atoms with Crippen molar-refractivity contribution in [3.63, 3.8) is 0 Å². The summed E-state index contributed by atoms with van der Waals surface area (Å²) in [4.78, 5) is 11.5. The molecule has 1 aromatic heterocycles. The zero-order chi connectivity index (χ0) is 17.9. The van der Waals surface area contributed by atoms with Crippen LogP contribution < -0.4 is 10.1 Å². The van der Waals surface area contributed by atoms with Crippen LogP contribution in [-0.2, 0) is 11.3 Å². The predicted octanol–water partition coefficient (Wildman–Crippen LogP) is 2.69. The first-order chi connectivity index (χ1) is 12.3. The molecule has 0 amide bonds. The first kappa shape index (κ1) is 19.5. The summed E-state index contributed by atoms with van der Waals surface area (Å²) in [7, 11) is 0. The Balaban J connectivity index is 1.91. The van der Waals surface area contributed by atoms with Gasteiger partial charge in [-0.1, -0.05) is 13.0 Å². The second-order valence-corrected chi connectivity index (χ2v) is 6.28. The highest BCUT2D eigenvalue weighted by Gasteiger charge is 2.24. The zero-order valence-corrected chi connectivity index (χ0v) is 15.8. The number of hydrogen-bond acceptors (Lipinski definition) is 4. The van der Waals surface area contributed by atoms with E-state index in [4.69, 9.17) is 14.5 Å². The molecule has 0 saturated carbocycles. The summed E-state index contributed by atoms with van der Waals surface area (Å²) in [6, 6.07) is 3.95. The van der Waals surface area contributed by atoms with Crippen molar-refractivity contribution < 1.29 is 9.47 Å². The van der Waals surface area contributed by atoms with Crippen molar-refractivity contribution in [2.45, 2.75) is 40.2 Å². The van der Waals surface area contributed by atoms with Crippen LogP contribution in [0.3, 0.4) is 0 Å². The van der Waals surface area contributed by atoms with Crippen LogP contribution in [0, 0.1) is 5.92 Å². The van der Waals surface area contributed by atoms with Gasteiger partial charge in [0.2, 0.25) is 5.88 Å². The van der Waals surface area contributed by atoms with E-state index >= 15 is 0 Å². The van der Waals surface area contributed by atoms with Gasteiger partial charge in [-0.3, -0.25) is 0 Å². The number of rotatable bonds is 9. The van der Waals surface area contributed by atoms with Crippen LogP contribution in [0.25, 0.3) is 0 Å². The molecule has 1 aromatic rings. The molecule has 2 rings (SSSR count). The third-order valence-corrected chi connectivity index (χ3v) is 4.14. The van der Waals surface area contributed by atoms with Crippen LogP contribution in [0.15, 0.2) is 23.3 Å². The fourth-order valence-corrected chi connectivity index (χ4v) is 2.83. The number of nitrogens with one attached hydrogen (secondary N) is 1. The maximum atomic E-state index is 5.57. The number of hydrogen-bond donors (Lipinski definition) is 1. The molecular weight excluding hydrogens is 316 g/mol. The largest absolute Gasteiger partial charge is 0.478 e. The molecule has 25 heavy (non-hydrogen) atoms. The van der Waals surface area contributed by atoms with Gasteiger partial charge in [0.15, 0.2) is 5.96 Å². The second-order valence-electron chi connectivity index (χ2n) is 6.28. The van der Waals surface area contributed by atoms with E-state index in [0.717, 1.165) is 57.2 Å². The van der Waals surface area contributed by atoms with E-state index in [1.54, 1.807) is 0 Å². The minimum atomic E-state index is 0.598. The van der Waals surface area contributed by atoms with Gasteiger partial charge in [0.25, 0.3) is 0 Å². The van der Waals surface area contributed by atoms with E-state index in [-0.39, 0.29) is 0 Å². The summed E-state index contributed by atoms with van der Waals surface area (Å²) in [5, 5.41) is 3.40. The summed E-state index contributed by atoms with van der Waals surface area (Å²) in [6.07, 6.45) is 4.00. The highest BCUT2D eigenvalue weighted by Crippen LogP contribution is 2.17. The second kappa shape index (κ2) is 10.9. The third-order valence-electron chi connectivity index (χ3n) is 4.14. The summed E-state index contributed by atoms with van der Waals surface area (Å²) < 4.78 is 11.1. The first-order valence-corrected chi connectivity index (χ1v) is 9.45. The molecule has 1 saturated heterocycles. The topological polar surface area (TPSA) is 59.0 Å². The lowest BCUT2D eigenvalue weighted by molar-refractivity contribution is 0.114. The first-order valence-electron chi connectivity index (χ1n) is 9.45. The number of nitrogens with zero attached hydrogens (tertiary/aromatic N) is 3. The number of pyridine rings is 1. The SMILES string of the molecule is CCCOc1ccc(CN=C(NCC)N2CCC(COCC)C2)cn1. The van der Waals surface area contributed by atoms with E-state index in [1.807, 2.05) is 25.3 Å². The van der Waals surface area contributed by atoms with Crippen LogP contribution in [0.1, 0.15) is 39.2 Å². The van der Waals surface area contributed by atoms with Gasteiger partial charge in [0.1, 0.15) is 0 Å². The quantitative estimate of drug-likeness (QED) is 0.549. The number of aromatic nitrogens is 1. The lowest BCUT2D eigenvalue weighted by Gasteiger charge is -2.21. The number of guanidine groups is 1. The van der Waals surface area contributed by atoms with Crippen molar-refractivity contribution in [1.82, 2.24) is 15.2 Å². The van der Waals surface area contributed by atoms with Crippen LogP contribution in [0.2, 0.25) is 0 Å². The number of likely N-dealkylation sites (tertiary alicyclic amines) is 1. The average molecular weight is 348 g/mol. The Morgan fingerprint density at radius 3 is 2.92 bits per heavy atom. The fourth-order valence-electron chi connectivity index (χ4n) is 2.83. The maximum absolute atomic E-state index is 5.57. The van der Waals surface area contributed by atoms with Crippen molar-refractivity contribution in [3.05, 3.63) is 23.9 Å². The average Bonchev–Trinajstić information content (AvgIpc) is 3.11. The minimum Gasteiger partial charge on any atom is -0.478 e. The molecule has 0 spiro atoms. The van der Waals surface area contributed by atoms with Gasteiger partial charge in [-0.15, -0.1) is 0 Å². The molecular formula is C19H32N4O2. The Hall–Kier alpha value is -1.82. The van der Waals surface area contributed by atoms with E-state index in [1.165, 1.54) is 0 Å². The molecule has 6 heteroatoms. The Morgan fingerprint density at radius 1 is 1.36 bits per heavy atom. The Morgan fingerprint density at radius 2 is 2.24 bits per heavy atom. The highest BCUT2D eigenvalue weighted by atomic mass is 16.5.